The number of hydrogen-bond donors (Lipinski definition) is 4. The molecule has 1 amide bonds. The van der Waals surface area contributed by atoms with Gasteiger partial charge in [0.1, 0.15) is 0 Å². The number of rotatable bonds is 2. The number of carboxylic acid groups (broad SMARTS) is 1. The molecule has 1 atom stereocenters. The van der Waals surface area contributed by atoms with E-state index >= 15 is 0 Å². The average molecular weight is 173 g/mol. The van der Waals surface area contributed by atoms with Gasteiger partial charge < -0.3 is 21.1 Å². The molecule has 0 bridgehead atoms. The molecule has 1 heterocycles. The third-order valence-corrected chi connectivity index (χ3v) is 1.90. The normalized spacial score (nSPS) is 24.5. The maximum atomic E-state index is 10.2. The third-order valence-electron chi connectivity index (χ3n) is 1.90. The highest BCUT2D eigenvalue weighted by Gasteiger charge is 2.10. The average Bonchev–Trinajstić information content (AvgIpc) is 2.28. The fraction of sp³-hybridized carbons (Fsp3) is 0.857. The molecule has 12 heavy (non-hydrogen) atoms. The zero-order valence-corrected chi connectivity index (χ0v) is 6.97. The lowest BCUT2D eigenvalue weighted by atomic mass is 10.2. The van der Waals surface area contributed by atoms with Gasteiger partial charge in [0.05, 0.1) is 0 Å². The maximum Gasteiger partial charge on any atom is 0.404 e. The molecule has 0 saturated carbocycles. The van der Waals surface area contributed by atoms with Crippen molar-refractivity contribution in [1.82, 2.24) is 16.0 Å². The molecule has 0 spiro atoms. The summed E-state index contributed by atoms with van der Waals surface area (Å²) in [5.41, 5.74) is 0. The van der Waals surface area contributed by atoms with E-state index in [1.165, 1.54) is 0 Å². The summed E-state index contributed by atoms with van der Waals surface area (Å²) in [6, 6.07) is 0.274. The van der Waals surface area contributed by atoms with E-state index in [1.54, 1.807) is 0 Å². The first kappa shape index (κ1) is 9.28. The molecular formula is C7H15N3O2. The molecule has 4 N–H and O–H groups in total. The summed E-state index contributed by atoms with van der Waals surface area (Å²) in [4.78, 5) is 10.2. The first-order valence-electron chi connectivity index (χ1n) is 4.20. The van der Waals surface area contributed by atoms with Gasteiger partial charge in [-0.3, -0.25) is 0 Å². The Hall–Kier alpha value is -0.810. The summed E-state index contributed by atoms with van der Waals surface area (Å²) in [6.45, 7) is 3.32. The first-order chi connectivity index (χ1) is 5.79. The van der Waals surface area contributed by atoms with Crippen LogP contribution in [0.5, 0.6) is 0 Å². The van der Waals surface area contributed by atoms with Gasteiger partial charge >= 0.3 is 6.09 Å². The molecule has 1 saturated heterocycles. The van der Waals surface area contributed by atoms with Crippen LogP contribution in [0.15, 0.2) is 0 Å². The Morgan fingerprint density at radius 2 is 2.33 bits per heavy atom. The van der Waals surface area contributed by atoms with E-state index in [0.29, 0.717) is 6.54 Å². The standard InChI is InChI=1S/C7H15N3O2/c11-7(12)10-5-6-1-2-8-3-4-9-6/h6,8-10H,1-5H2,(H,11,12). The van der Waals surface area contributed by atoms with Gasteiger partial charge in [0.2, 0.25) is 0 Å². The minimum absolute atomic E-state index is 0.274. The molecule has 0 aliphatic carbocycles. The van der Waals surface area contributed by atoms with E-state index in [0.717, 1.165) is 26.1 Å². The Morgan fingerprint density at radius 3 is 3.08 bits per heavy atom. The Bertz CT molecular complexity index is 144. The second-order valence-corrected chi connectivity index (χ2v) is 2.88. The Balaban J connectivity index is 2.16. The summed E-state index contributed by atoms with van der Waals surface area (Å²) in [5.74, 6) is 0. The smallest absolute Gasteiger partial charge is 0.404 e. The van der Waals surface area contributed by atoms with Crippen molar-refractivity contribution in [3.63, 3.8) is 0 Å². The van der Waals surface area contributed by atoms with Crippen molar-refractivity contribution in [2.24, 2.45) is 0 Å². The summed E-state index contributed by atoms with van der Waals surface area (Å²) < 4.78 is 0. The molecule has 1 rings (SSSR count). The van der Waals surface area contributed by atoms with Crippen molar-refractivity contribution in [1.29, 1.82) is 0 Å². The molecule has 1 aliphatic rings. The van der Waals surface area contributed by atoms with Crippen molar-refractivity contribution >= 4 is 6.09 Å². The Morgan fingerprint density at radius 1 is 1.50 bits per heavy atom. The topological polar surface area (TPSA) is 73.4 Å². The van der Waals surface area contributed by atoms with Gasteiger partial charge in [-0.05, 0) is 13.0 Å². The molecule has 0 radical (unpaired) electrons. The zero-order chi connectivity index (χ0) is 8.81. The van der Waals surface area contributed by atoms with E-state index in [1.807, 2.05) is 0 Å². The van der Waals surface area contributed by atoms with Crippen molar-refractivity contribution in [2.75, 3.05) is 26.2 Å². The molecular weight excluding hydrogens is 158 g/mol. The van der Waals surface area contributed by atoms with Crippen LogP contribution >= 0.6 is 0 Å². The summed E-state index contributed by atoms with van der Waals surface area (Å²) in [5, 5.41) is 17.2. The van der Waals surface area contributed by atoms with Crippen molar-refractivity contribution in [2.45, 2.75) is 12.5 Å². The SMILES string of the molecule is O=C(O)NCC1CCNCCN1. The fourth-order valence-corrected chi connectivity index (χ4v) is 1.25. The highest BCUT2D eigenvalue weighted by molar-refractivity contribution is 5.64. The van der Waals surface area contributed by atoms with E-state index in [4.69, 9.17) is 5.11 Å². The predicted molar refractivity (Wildman–Crippen MR) is 45.3 cm³/mol. The Labute approximate surface area is 71.5 Å². The van der Waals surface area contributed by atoms with E-state index in [2.05, 4.69) is 16.0 Å². The number of nitrogens with one attached hydrogen (secondary N) is 3. The predicted octanol–water partition coefficient (Wildman–Crippen LogP) is -0.794. The Kier molecular flexibility index (Phi) is 3.83. The lowest BCUT2D eigenvalue weighted by Crippen LogP contribution is -2.40. The lowest BCUT2D eigenvalue weighted by Gasteiger charge is -2.14. The van der Waals surface area contributed by atoms with Gasteiger partial charge in [0.25, 0.3) is 0 Å². The van der Waals surface area contributed by atoms with Crippen molar-refractivity contribution < 1.29 is 9.90 Å². The van der Waals surface area contributed by atoms with Crippen LogP contribution < -0.4 is 16.0 Å². The van der Waals surface area contributed by atoms with Gasteiger partial charge in [0.15, 0.2) is 0 Å². The summed E-state index contributed by atoms with van der Waals surface area (Å²) in [6.07, 6.45) is 0.0225. The summed E-state index contributed by atoms with van der Waals surface area (Å²) in [7, 11) is 0. The second kappa shape index (κ2) is 4.95. The van der Waals surface area contributed by atoms with Gasteiger partial charge in [-0.2, -0.15) is 0 Å². The van der Waals surface area contributed by atoms with Gasteiger partial charge in [-0.25, -0.2) is 4.79 Å². The van der Waals surface area contributed by atoms with Gasteiger partial charge in [0, 0.05) is 25.7 Å². The van der Waals surface area contributed by atoms with E-state index in [-0.39, 0.29) is 6.04 Å². The molecule has 1 fully saturated rings. The molecule has 1 unspecified atom stereocenters. The van der Waals surface area contributed by atoms with Crippen LogP contribution in [0.1, 0.15) is 6.42 Å². The van der Waals surface area contributed by atoms with Gasteiger partial charge in [-0.1, -0.05) is 0 Å². The number of carbonyl (C=O) groups is 1. The van der Waals surface area contributed by atoms with Crippen LogP contribution in [0.3, 0.4) is 0 Å². The third kappa shape index (κ3) is 3.54. The maximum absolute atomic E-state index is 10.2. The van der Waals surface area contributed by atoms with Crippen molar-refractivity contribution in [3.8, 4) is 0 Å². The second-order valence-electron chi connectivity index (χ2n) is 2.88. The largest absolute Gasteiger partial charge is 0.465 e. The van der Waals surface area contributed by atoms with Crippen LogP contribution in [0.4, 0.5) is 4.79 Å². The molecule has 5 nitrogen and oxygen atoms in total. The molecule has 1 aliphatic heterocycles. The van der Waals surface area contributed by atoms with Crippen LogP contribution in [-0.4, -0.2) is 43.4 Å². The van der Waals surface area contributed by atoms with Crippen LogP contribution in [-0.2, 0) is 0 Å². The number of hydrogen-bond acceptors (Lipinski definition) is 3. The van der Waals surface area contributed by atoms with Crippen molar-refractivity contribution in [3.05, 3.63) is 0 Å². The van der Waals surface area contributed by atoms with Crippen LogP contribution in [0.2, 0.25) is 0 Å². The zero-order valence-electron chi connectivity index (χ0n) is 6.97. The highest BCUT2D eigenvalue weighted by Crippen LogP contribution is 1.91. The minimum Gasteiger partial charge on any atom is -0.465 e. The highest BCUT2D eigenvalue weighted by atomic mass is 16.4. The molecule has 5 heteroatoms. The molecule has 0 aromatic carbocycles. The quantitative estimate of drug-likeness (QED) is 0.441. The fourth-order valence-electron chi connectivity index (χ4n) is 1.25. The van der Waals surface area contributed by atoms with Crippen LogP contribution in [0, 0.1) is 0 Å². The number of amides is 1. The molecule has 0 aromatic heterocycles. The minimum atomic E-state index is -0.950. The monoisotopic (exact) mass is 173 g/mol. The van der Waals surface area contributed by atoms with Crippen LogP contribution in [0.25, 0.3) is 0 Å². The summed E-state index contributed by atoms with van der Waals surface area (Å²) >= 11 is 0. The van der Waals surface area contributed by atoms with E-state index in [9.17, 15) is 4.79 Å². The molecule has 0 aromatic rings. The lowest BCUT2D eigenvalue weighted by molar-refractivity contribution is 0.193. The molecule has 70 valence electrons. The van der Waals surface area contributed by atoms with E-state index < -0.39 is 6.09 Å². The first-order valence-corrected chi connectivity index (χ1v) is 4.20. The van der Waals surface area contributed by atoms with Gasteiger partial charge in [-0.15, -0.1) is 0 Å².